The van der Waals surface area contributed by atoms with Crippen LogP contribution in [0.5, 0.6) is 5.75 Å². The minimum absolute atomic E-state index is 0.0911. The van der Waals surface area contributed by atoms with Crippen LogP contribution in [-0.2, 0) is 16.1 Å². The lowest BCUT2D eigenvalue weighted by atomic mass is 10.0. The Morgan fingerprint density at radius 2 is 2.12 bits per heavy atom. The molecule has 9 heteroatoms. The number of hydrogen-bond acceptors (Lipinski definition) is 7. The van der Waals surface area contributed by atoms with Gasteiger partial charge in [0.25, 0.3) is 5.91 Å². The number of benzene rings is 1. The van der Waals surface area contributed by atoms with Crippen molar-refractivity contribution in [1.29, 1.82) is 0 Å². The lowest BCUT2D eigenvalue weighted by molar-refractivity contribution is -0.115. The van der Waals surface area contributed by atoms with Gasteiger partial charge in [-0.1, -0.05) is 13.8 Å². The number of ether oxygens (including phenoxy) is 2. The number of amides is 2. The second-order valence-corrected chi connectivity index (χ2v) is 9.54. The van der Waals surface area contributed by atoms with Gasteiger partial charge in [0, 0.05) is 57.0 Å². The highest BCUT2D eigenvalue weighted by atomic mass is 32.1. The van der Waals surface area contributed by atoms with E-state index in [0.29, 0.717) is 36.6 Å². The molecule has 2 heterocycles. The highest BCUT2D eigenvalue weighted by Gasteiger charge is 2.28. The molecular weight excluding hydrogens is 440 g/mol. The topological polar surface area (TPSA) is 84.0 Å². The molecule has 1 aliphatic rings. The van der Waals surface area contributed by atoms with Crippen LogP contribution in [0.15, 0.2) is 29.8 Å². The molecule has 0 radical (unpaired) electrons. The summed E-state index contributed by atoms with van der Waals surface area (Å²) in [4.78, 5) is 33.7. The van der Waals surface area contributed by atoms with Gasteiger partial charge in [0.15, 0.2) is 0 Å². The Labute approximate surface area is 199 Å². The molecule has 0 aliphatic carbocycles. The Kier molecular flexibility index (Phi) is 8.82. The van der Waals surface area contributed by atoms with Crippen LogP contribution < -0.4 is 10.1 Å². The molecule has 0 bridgehead atoms. The molecule has 1 aliphatic heterocycles. The zero-order valence-corrected chi connectivity index (χ0v) is 20.9. The number of rotatable bonds is 5. The number of fused-ring (bicyclic) bond motifs is 1. The van der Waals surface area contributed by atoms with Crippen molar-refractivity contribution < 1.29 is 19.1 Å². The third kappa shape index (κ3) is 6.52. The first-order chi connectivity index (χ1) is 15.8. The third-order valence-corrected chi connectivity index (χ3v) is 6.76. The number of aromatic nitrogens is 1. The maximum atomic E-state index is 13.3. The summed E-state index contributed by atoms with van der Waals surface area (Å²) in [6.07, 6.45) is 2.06. The molecule has 0 fully saturated rings. The van der Waals surface area contributed by atoms with E-state index in [9.17, 15) is 9.59 Å². The number of anilines is 1. The van der Waals surface area contributed by atoms with E-state index >= 15 is 0 Å². The average Bonchev–Trinajstić information content (AvgIpc) is 3.32. The van der Waals surface area contributed by atoms with E-state index in [1.54, 1.807) is 55.5 Å². The number of nitrogens with one attached hydrogen (secondary N) is 1. The Morgan fingerprint density at radius 1 is 1.33 bits per heavy atom. The molecular formula is C24H34N4O4S. The van der Waals surface area contributed by atoms with Crippen LogP contribution in [-0.4, -0.2) is 72.6 Å². The van der Waals surface area contributed by atoms with E-state index in [2.05, 4.69) is 29.0 Å². The van der Waals surface area contributed by atoms with Gasteiger partial charge in [-0.25, -0.2) is 4.98 Å². The first-order valence-electron chi connectivity index (χ1n) is 11.3. The minimum atomic E-state index is -0.167. The van der Waals surface area contributed by atoms with Gasteiger partial charge in [-0.15, -0.1) is 11.3 Å². The summed E-state index contributed by atoms with van der Waals surface area (Å²) in [6.45, 7) is 8.44. The molecule has 180 valence electrons. The van der Waals surface area contributed by atoms with E-state index in [0.717, 1.165) is 18.1 Å². The van der Waals surface area contributed by atoms with Crippen molar-refractivity contribution in [1.82, 2.24) is 14.8 Å². The summed E-state index contributed by atoms with van der Waals surface area (Å²) in [5.41, 5.74) is 1.00. The summed E-state index contributed by atoms with van der Waals surface area (Å²) in [6, 6.07) is 5.31. The Morgan fingerprint density at radius 3 is 2.79 bits per heavy atom. The Hall–Kier alpha value is -2.49. The van der Waals surface area contributed by atoms with Crippen LogP contribution in [0.25, 0.3) is 0 Å². The van der Waals surface area contributed by atoms with Crippen molar-refractivity contribution in [2.75, 3.05) is 39.2 Å². The summed E-state index contributed by atoms with van der Waals surface area (Å²) in [7, 11) is 3.46. The van der Waals surface area contributed by atoms with Crippen LogP contribution in [0.2, 0.25) is 0 Å². The number of carbonyl (C=O) groups excluding carboxylic acids is 2. The molecule has 33 heavy (non-hydrogen) atoms. The van der Waals surface area contributed by atoms with Gasteiger partial charge in [-0.3, -0.25) is 14.5 Å². The van der Waals surface area contributed by atoms with Crippen molar-refractivity contribution in [3.63, 3.8) is 0 Å². The molecule has 2 amide bonds. The Bertz CT molecular complexity index is 937. The van der Waals surface area contributed by atoms with Crippen molar-refractivity contribution in [3.8, 4) is 5.75 Å². The zero-order chi connectivity index (χ0) is 24.0. The molecule has 1 aromatic carbocycles. The molecule has 2 aromatic rings. The molecule has 0 saturated heterocycles. The van der Waals surface area contributed by atoms with Crippen LogP contribution in [0, 0.1) is 5.92 Å². The van der Waals surface area contributed by atoms with Crippen LogP contribution in [0.4, 0.5) is 5.69 Å². The normalized spacial score (nSPS) is 22.6. The van der Waals surface area contributed by atoms with E-state index in [-0.39, 0.29) is 29.9 Å². The molecule has 1 N–H and O–H groups in total. The largest absolute Gasteiger partial charge is 0.491 e. The monoisotopic (exact) mass is 474 g/mol. The fourth-order valence-corrected chi connectivity index (χ4v) is 4.54. The molecule has 0 saturated carbocycles. The lowest BCUT2D eigenvalue weighted by Gasteiger charge is -2.35. The SMILES string of the molecule is CCC(=O)Nc1ccc2c(c1)C(=O)N(C)C[C@H](OC)[C@@H](C)CN(Cc1nccs1)[C@H](C)CO2. The third-order valence-electron chi connectivity index (χ3n) is 6.00. The summed E-state index contributed by atoms with van der Waals surface area (Å²) in [5, 5.41) is 5.87. The first-order valence-corrected chi connectivity index (χ1v) is 12.2. The van der Waals surface area contributed by atoms with Gasteiger partial charge < -0.3 is 19.7 Å². The van der Waals surface area contributed by atoms with Crippen LogP contribution >= 0.6 is 11.3 Å². The lowest BCUT2D eigenvalue weighted by Crippen LogP contribution is -2.46. The predicted molar refractivity (Wildman–Crippen MR) is 130 cm³/mol. The highest BCUT2D eigenvalue weighted by molar-refractivity contribution is 7.09. The quantitative estimate of drug-likeness (QED) is 0.714. The first kappa shape index (κ1) is 25.1. The summed E-state index contributed by atoms with van der Waals surface area (Å²) in [5.74, 6) is 0.413. The number of likely N-dealkylation sites (N-methyl/N-ethyl adjacent to an activating group) is 1. The van der Waals surface area contributed by atoms with Gasteiger partial charge in [-0.2, -0.15) is 0 Å². The van der Waals surface area contributed by atoms with Crippen LogP contribution in [0.3, 0.4) is 0 Å². The number of methoxy groups -OCH3 is 1. The van der Waals surface area contributed by atoms with E-state index < -0.39 is 0 Å². The fraction of sp³-hybridized carbons (Fsp3) is 0.542. The maximum absolute atomic E-state index is 13.3. The minimum Gasteiger partial charge on any atom is -0.491 e. The summed E-state index contributed by atoms with van der Waals surface area (Å²) < 4.78 is 12.0. The average molecular weight is 475 g/mol. The van der Waals surface area contributed by atoms with Crippen molar-refractivity contribution in [2.45, 2.75) is 45.9 Å². The second-order valence-electron chi connectivity index (χ2n) is 8.57. The van der Waals surface area contributed by atoms with Crippen LogP contribution in [0.1, 0.15) is 42.6 Å². The molecule has 8 nitrogen and oxygen atoms in total. The fourth-order valence-electron chi connectivity index (χ4n) is 3.90. The number of nitrogens with zero attached hydrogens (tertiary/aromatic N) is 3. The highest BCUT2D eigenvalue weighted by Crippen LogP contribution is 2.27. The standard InChI is InChI=1S/C24H34N4O4S/c1-6-22(29)26-18-7-8-20-19(11-18)24(30)27(4)13-21(31-5)16(2)12-28(17(3)15-32-20)14-23-25-9-10-33-23/h7-11,16-17,21H,6,12-15H2,1-5H3,(H,26,29)/t16-,17+,21-/m0/s1. The number of hydrogen-bond donors (Lipinski definition) is 1. The number of thiazole rings is 1. The predicted octanol–water partition coefficient (Wildman–Crippen LogP) is 3.50. The number of carbonyl (C=O) groups is 2. The van der Waals surface area contributed by atoms with Crippen molar-refractivity contribution >= 4 is 28.8 Å². The van der Waals surface area contributed by atoms with Crippen molar-refractivity contribution in [3.05, 3.63) is 40.3 Å². The second kappa shape index (κ2) is 11.6. The van der Waals surface area contributed by atoms with Gasteiger partial charge in [-0.05, 0) is 31.0 Å². The zero-order valence-electron chi connectivity index (χ0n) is 20.0. The van der Waals surface area contributed by atoms with Gasteiger partial charge >= 0.3 is 0 Å². The molecule has 3 atom stereocenters. The Balaban J connectivity index is 1.93. The molecule has 0 spiro atoms. The molecule has 0 unspecified atom stereocenters. The maximum Gasteiger partial charge on any atom is 0.257 e. The van der Waals surface area contributed by atoms with E-state index in [1.165, 1.54) is 0 Å². The van der Waals surface area contributed by atoms with Gasteiger partial charge in [0.05, 0.1) is 18.2 Å². The van der Waals surface area contributed by atoms with E-state index in [4.69, 9.17) is 9.47 Å². The molecule has 1 aromatic heterocycles. The smallest absolute Gasteiger partial charge is 0.257 e. The van der Waals surface area contributed by atoms with Gasteiger partial charge in [0.2, 0.25) is 5.91 Å². The van der Waals surface area contributed by atoms with Gasteiger partial charge in [0.1, 0.15) is 17.4 Å². The molecule has 3 rings (SSSR count). The van der Waals surface area contributed by atoms with Crippen molar-refractivity contribution in [2.24, 2.45) is 5.92 Å². The van der Waals surface area contributed by atoms with E-state index in [1.807, 2.05) is 11.6 Å². The summed E-state index contributed by atoms with van der Waals surface area (Å²) >= 11 is 1.64.